The van der Waals surface area contributed by atoms with Gasteiger partial charge in [-0.3, -0.25) is 0 Å². The second kappa shape index (κ2) is 5.55. The van der Waals surface area contributed by atoms with Crippen LogP contribution in [0.3, 0.4) is 0 Å². The number of hydrogen-bond donors (Lipinski definition) is 1. The van der Waals surface area contributed by atoms with Crippen molar-refractivity contribution < 1.29 is 4.42 Å². The van der Waals surface area contributed by atoms with Gasteiger partial charge >= 0.3 is 0 Å². The maximum absolute atomic E-state index is 5.92. The third kappa shape index (κ3) is 3.12. The Balaban J connectivity index is 1.92. The maximum Gasteiger partial charge on any atom is 0.208 e. The van der Waals surface area contributed by atoms with E-state index in [2.05, 4.69) is 17.2 Å². The third-order valence-electron chi connectivity index (χ3n) is 2.97. The average Bonchev–Trinajstić information content (AvgIpc) is 2.61. The lowest BCUT2D eigenvalue weighted by Gasteiger charge is -2.06. The van der Waals surface area contributed by atoms with Crippen molar-refractivity contribution in [2.45, 2.75) is 33.9 Å². The number of aromatic nitrogens is 1. The highest BCUT2D eigenvalue weighted by molar-refractivity contribution is 6.30. The number of halogens is 1. The smallest absolute Gasteiger partial charge is 0.208 e. The van der Waals surface area contributed by atoms with Gasteiger partial charge in [0.2, 0.25) is 5.89 Å². The van der Waals surface area contributed by atoms with E-state index in [-0.39, 0.29) is 0 Å². The molecule has 0 spiro atoms. The van der Waals surface area contributed by atoms with Crippen LogP contribution in [-0.2, 0) is 13.1 Å². The predicted molar refractivity (Wildman–Crippen MR) is 72.7 cm³/mol. The Hall–Kier alpha value is -1.32. The Morgan fingerprint density at radius 1 is 1.22 bits per heavy atom. The molecule has 0 saturated heterocycles. The van der Waals surface area contributed by atoms with Crippen molar-refractivity contribution in [3.8, 4) is 0 Å². The van der Waals surface area contributed by atoms with Gasteiger partial charge in [0.25, 0.3) is 0 Å². The zero-order valence-electron chi connectivity index (χ0n) is 10.9. The van der Waals surface area contributed by atoms with Gasteiger partial charge in [-0.05, 0) is 44.0 Å². The molecule has 1 aromatic carbocycles. The number of oxazole rings is 1. The maximum atomic E-state index is 5.92. The van der Waals surface area contributed by atoms with Crippen molar-refractivity contribution >= 4 is 11.6 Å². The van der Waals surface area contributed by atoms with E-state index in [1.807, 2.05) is 32.0 Å². The topological polar surface area (TPSA) is 38.1 Å². The van der Waals surface area contributed by atoms with Crippen LogP contribution in [0.15, 0.2) is 22.6 Å². The molecule has 1 N–H and O–H groups in total. The third-order valence-corrected chi connectivity index (χ3v) is 3.20. The summed E-state index contributed by atoms with van der Waals surface area (Å²) in [6, 6.07) is 5.92. The van der Waals surface area contributed by atoms with Crippen molar-refractivity contribution in [1.29, 1.82) is 0 Å². The van der Waals surface area contributed by atoms with Crippen LogP contribution in [0.2, 0.25) is 5.02 Å². The number of hydrogen-bond acceptors (Lipinski definition) is 3. The lowest BCUT2D eigenvalue weighted by molar-refractivity contribution is 0.448. The van der Waals surface area contributed by atoms with Gasteiger partial charge < -0.3 is 9.73 Å². The highest BCUT2D eigenvalue weighted by Gasteiger charge is 2.05. The zero-order valence-corrected chi connectivity index (χ0v) is 11.6. The van der Waals surface area contributed by atoms with Gasteiger partial charge in [-0.15, -0.1) is 0 Å². The van der Waals surface area contributed by atoms with Crippen molar-refractivity contribution in [2.75, 3.05) is 0 Å². The minimum absolute atomic E-state index is 0.636. The summed E-state index contributed by atoms with van der Waals surface area (Å²) in [7, 11) is 0. The molecule has 0 aliphatic rings. The van der Waals surface area contributed by atoms with Gasteiger partial charge in [0.05, 0.1) is 12.2 Å². The van der Waals surface area contributed by atoms with Gasteiger partial charge in [0, 0.05) is 11.6 Å². The Kier molecular flexibility index (Phi) is 4.04. The van der Waals surface area contributed by atoms with Crippen LogP contribution in [0.5, 0.6) is 0 Å². The molecule has 0 amide bonds. The van der Waals surface area contributed by atoms with E-state index < -0.39 is 0 Å². The summed E-state index contributed by atoms with van der Waals surface area (Å²) in [5, 5.41) is 4.09. The lowest BCUT2D eigenvalue weighted by atomic mass is 10.1. The molecule has 0 atom stereocenters. The number of benzene rings is 1. The first-order valence-corrected chi connectivity index (χ1v) is 6.32. The van der Waals surface area contributed by atoms with Crippen LogP contribution in [0, 0.1) is 20.8 Å². The summed E-state index contributed by atoms with van der Waals surface area (Å²) < 4.78 is 5.51. The second-order valence-corrected chi connectivity index (χ2v) is 4.86. The first-order chi connectivity index (χ1) is 8.56. The van der Waals surface area contributed by atoms with Gasteiger partial charge in [0.1, 0.15) is 5.76 Å². The standard InChI is InChI=1S/C14H17ClN2O/c1-9-6-13(15)5-4-12(9)7-16-8-14-17-10(2)11(3)18-14/h4-6,16H,7-8H2,1-3H3. The Labute approximate surface area is 112 Å². The van der Waals surface area contributed by atoms with Crippen LogP contribution in [0.4, 0.5) is 0 Å². The first-order valence-electron chi connectivity index (χ1n) is 5.95. The largest absolute Gasteiger partial charge is 0.444 e. The van der Waals surface area contributed by atoms with Crippen LogP contribution >= 0.6 is 11.6 Å². The fraction of sp³-hybridized carbons (Fsp3) is 0.357. The van der Waals surface area contributed by atoms with Crippen molar-refractivity contribution in [1.82, 2.24) is 10.3 Å². The molecule has 0 unspecified atom stereocenters. The number of nitrogens with one attached hydrogen (secondary N) is 1. The van der Waals surface area contributed by atoms with Gasteiger partial charge in [-0.25, -0.2) is 4.98 Å². The molecule has 2 aromatic rings. The molecule has 96 valence electrons. The summed E-state index contributed by atoms with van der Waals surface area (Å²) in [4.78, 5) is 4.33. The van der Waals surface area contributed by atoms with Crippen LogP contribution in [0.25, 0.3) is 0 Å². The SMILES string of the molecule is Cc1cc(Cl)ccc1CNCc1nc(C)c(C)o1. The highest BCUT2D eigenvalue weighted by Crippen LogP contribution is 2.15. The quantitative estimate of drug-likeness (QED) is 0.918. The number of rotatable bonds is 4. The van der Waals surface area contributed by atoms with Crippen molar-refractivity contribution in [3.05, 3.63) is 51.7 Å². The first kappa shape index (κ1) is 13.1. The van der Waals surface area contributed by atoms with Crippen LogP contribution in [-0.4, -0.2) is 4.98 Å². The van der Waals surface area contributed by atoms with Crippen molar-refractivity contribution in [2.24, 2.45) is 0 Å². The molecular formula is C14H17ClN2O. The van der Waals surface area contributed by atoms with Crippen LogP contribution < -0.4 is 5.32 Å². The Bertz CT molecular complexity index is 529. The van der Waals surface area contributed by atoms with E-state index in [4.69, 9.17) is 16.0 Å². The molecule has 0 radical (unpaired) electrons. The van der Waals surface area contributed by atoms with E-state index in [0.717, 1.165) is 28.9 Å². The number of aryl methyl sites for hydroxylation is 3. The summed E-state index contributed by atoms with van der Waals surface area (Å²) in [6.07, 6.45) is 0. The molecule has 0 aliphatic heterocycles. The summed E-state index contributed by atoms with van der Waals surface area (Å²) in [6.45, 7) is 7.35. The fourth-order valence-electron chi connectivity index (χ4n) is 1.78. The average molecular weight is 265 g/mol. The molecule has 0 bridgehead atoms. The second-order valence-electron chi connectivity index (χ2n) is 4.42. The van der Waals surface area contributed by atoms with E-state index >= 15 is 0 Å². The normalized spacial score (nSPS) is 10.9. The molecule has 1 aromatic heterocycles. The zero-order chi connectivity index (χ0) is 13.1. The predicted octanol–water partition coefficient (Wildman–Crippen LogP) is 3.54. The summed E-state index contributed by atoms with van der Waals surface area (Å²) in [5.41, 5.74) is 3.38. The molecule has 0 saturated carbocycles. The summed E-state index contributed by atoms with van der Waals surface area (Å²) >= 11 is 5.92. The fourth-order valence-corrected chi connectivity index (χ4v) is 2.00. The Morgan fingerprint density at radius 3 is 2.61 bits per heavy atom. The monoisotopic (exact) mass is 264 g/mol. The van der Waals surface area contributed by atoms with E-state index in [1.165, 1.54) is 11.1 Å². The lowest BCUT2D eigenvalue weighted by Crippen LogP contribution is -2.13. The van der Waals surface area contributed by atoms with E-state index in [9.17, 15) is 0 Å². The molecular weight excluding hydrogens is 248 g/mol. The Morgan fingerprint density at radius 2 is 2.00 bits per heavy atom. The van der Waals surface area contributed by atoms with E-state index in [0.29, 0.717) is 6.54 Å². The van der Waals surface area contributed by atoms with Gasteiger partial charge in [0.15, 0.2) is 0 Å². The highest BCUT2D eigenvalue weighted by atomic mass is 35.5. The number of nitrogens with zero attached hydrogens (tertiary/aromatic N) is 1. The molecule has 4 heteroatoms. The molecule has 2 rings (SSSR count). The minimum atomic E-state index is 0.636. The molecule has 3 nitrogen and oxygen atoms in total. The van der Waals surface area contributed by atoms with Crippen molar-refractivity contribution in [3.63, 3.8) is 0 Å². The minimum Gasteiger partial charge on any atom is -0.444 e. The molecule has 0 fully saturated rings. The van der Waals surface area contributed by atoms with E-state index in [1.54, 1.807) is 0 Å². The summed E-state index contributed by atoms with van der Waals surface area (Å²) in [5.74, 6) is 1.62. The van der Waals surface area contributed by atoms with Gasteiger partial charge in [-0.1, -0.05) is 17.7 Å². The molecule has 0 aliphatic carbocycles. The van der Waals surface area contributed by atoms with Gasteiger partial charge in [-0.2, -0.15) is 0 Å². The molecule has 1 heterocycles. The molecule has 18 heavy (non-hydrogen) atoms. The van der Waals surface area contributed by atoms with Crippen LogP contribution in [0.1, 0.15) is 28.5 Å².